The van der Waals surface area contributed by atoms with E-state index >= 15 is 0 Å². The van der Waals surface area contributed by atoms with Gasteiger partial charge in [-0.1, -0.05) is 41.4 Å². The molecule has 7 heteroatoms. The van der Waals surface area contributed by atoms with Crippen LogP contribution in [0.25, 0.3) is 0 Å². The Hall–Kier alpha value is -1.14. The van der Waals surface area contributed by atoms with Crippen LogP contribution in [-0.2, 0) is 0 Å². The number of non-ortho nitro benzene ring substituents is 1. The first-order valence-corrected chi connectivity index (χ1v) is 7.04. The van der Waals surface area contributed by atoms with Crippen LogP contribution in [0, 0.1) is 15.5 Å². The number of carbonyl (C=O) groups is 1. The van der Waals surface area contributed by atoms with Crippen molar-refractivity contribution in [2.45, 2.75) is 13.8 Å². The number of nitrogens with zero attached hydrogens (tertiary/aromatic N) is 1. The van der Waals surface area contributed by atoms with Crippen molar-refractivity contribution in [2.75, 3.05) is 11.9 Å². The summed E-state index contributed by atoms with van der Waals surface area (Å²) in [5.41, 5.74) is -0.109. The number of nitro benzene ring substituents is 1. The van der Waals surface area contributed by atoms with E-state index in [1.54, 1.807) is 0 Å². The van der Waals surface area contributed by atoms with Gasteiger partial charge in [0.1, 0.15) is 0 Å². The smallest absolute Gasteiger partial charge is 0.271 e. The zero-order valence-corrected chi connectivity index (χ0v) is 12.9. The van der Waals surface area contributed by atoms with Crippen molar-refractivity contribution in [3.63, 3.8) is 0 Å². The molecule has 1 aromatic rings. The summed E-state index contributed by atoms with van der Waals surface area (Å²) in [5, 5.41) is 14.3. The fourth-order valence-corrected chi connectivity index (χ4v) is 1.71. The third-order valence-electron chi connectivity index (χ3n) is 2.44. The van der Waals surface area contributed by atoms with Crippen LogP contribution in [0.4, 0.5) is 5.69 Å². The first kappa shape index (κ1) is 15.9. The molecule has 0 aliphatic carbocycles. The van der Waals surface area contributed by atoms with E-state index < -0.39 is 4.92 Å². The highest BCUT2D eigenvalue weighted by molar-refractivity contribution is 9.09. The number of nitrogens with one attached hydrogen (secondary N) is 1. The summed E-state index contributed by atoms with van der Waals surface area (Å²) in [6, 6.07) is 3.83. The Morgan fingerprint density at radius 1 is 1.47 bits per heavy atom. The van der Waals surface area contributed by atoms with Crippen molar-refractivity contribution in [3.05, 3.63) is 38.9 Å². The second-order valence-corrected chi connectivity index (χ2v) is 5.93. The van der Waals surface area contributed by atoms with Crippen molar-refractivity contribution in [1.82, 2.24) is 5.32 Å². The highest BCUT2D eigenvalue weighted by Crippen LogP contribution is 2.21. The van der Waals surface area contributed by atoms with Gasteiger partial charge in [-0.15, -0.1) is 0 Å². The molecule has 0 spiro atoms. The van der Waals surface area contributed by atoms with Crippen LogP contribution in [0.3, 0.4) is 0 Å². The Morgan fingerprint density at radius 2 is 2.11 bits per heavy atom. The molecule has 0 unspecified atom stereocenters. The molecule has 0 saturated carbocycles. The van der Waals surface area contributed by atoms with Crippen molar-refractivity contribution < 1.29 is 9.72 Å². The molecule has 0 aliphatic rings. The van der Waals surface area contributed by atoms with E-state index in [1.807, 2.05) is 13.8 Å². The van der Waals surface area contributed by atoms with Crippen LogP contribution in [0.2, 0.25) is 5.02 Å². The maximum absolute atomic E-state index is 11.9. The summed E-state index contributed by atoms with van der Waals surface area (Å²) in [6.07, 6.45) is 0. The zero-order valence-electron chi connectivity index (χ0n) is 10.6. The van der Waals surface area contributed by atoms with E-state index in [9.17, 15) is 14.9 Å². The average molecular weight is 350 g/mol. The summed E-state index contributed by atoms with van der Waals surface area (Å²) in [7, 11) is 0. The molecule has 0 fully saturated rings. The second kappa shape index (κ2) is 6.34. The van der Waals surface area contributed by atoms with E-state index in [1.165, 1.54) is 18.2 Å². The quantitative estimate of drug-likeness (QED) is 0.503. The van der Waals surface area contributed by atoms with Crippen LogP contribution in [0.15, 0.2) is 18.2 Å². The van der Waals surface area contributed by atoms with Gasteiger partial charge in [0.15, 0.2) is 0 Å². The number of benzene rings is 1. The van der Waals surface area contributed by atoms with Gasteiger partial charge in [0, 0.05) is 34.6 Å². The number of amides is 1. The SMILES string of the molecule is CC(C)(CBr)CNC(=O)c1cc(Cl)cc([N+](=O)[O-])c1. The molecule has 1 amide bonds. The second-order valence-electron chi connectivity index (χ2n) is 4.94. The van der Waals surface area contributed by atoms with Crippen molar-refractivity contribution in [3.8, 4) is 0 Å². The molecule has 0 saturated heterocycles. The van der Waals surface area contributed by atoms with Gasteiger partial charge < -0.3 is 5.32 Å². The van der Waals surface area contributed by atoms with Gasteiger partial charge in [-0.25, -0.2) is 0 Å². The topological polar surface area (TPSA) is 72.2 Å². The summed E-state index contributed by atoms with van der Waals surface area (Å²) in [5.74, 6) is -0.375. The van der Waals surface area contributed by atoms with Gasteiger partial charge in [-0.05, 0) is 11.5 Å². The molecular formula is C12H14BrClN2O3. The number of alkyl halides is 1. The monoisotopic (exact) mass is 348 g/mol. The first-order valence-electron chi connectivity index (χ1n) is 5.54. The molecule has 1 aromatic carbocycles. The van der Waals surface area contributed by atoms with Crippen LogP contribution < -0.4 is 5.32 Å². The zero-order chi connectivity index (χ0) is 14.6. The van der Waals surface area contributed by atoms with Crippen molar-refractivity contribution >= 4 is 39.1 Å². The van der Waals surface area contributed by atoms with Gasteiger partial charge in [-0.3, -0.25) is 14.9 Å². The van der Waals surface area contributed by atoms with Crippen LogP contribution in [0.1, 0.15) is 24.2 Å². The summed E-state index contributed by atoms with van der Waals surface area (Å²) in [4.78, 5) is 22.0. The van der Waals surface area contributed by atoms with E-state index in [4.69, 9.17) is 11.6 Å². The third-order valence-corrected chi connectivity index (χ3v) is 4.18. The molecule has 1 N–H and O–H groups in total. The molecule has 5 nitrogen and oxygen atoms in total. The molecule has 0 bridgehead atoms. The third kappa shape index (κ3) is 4.80. The maximum atomic E-state index is 11.9. The standard InChI is InChI=1S/C12H14BrClN2O3/c1-12(2,6-13)7-15-11(17)8-3-9(14)5-10(4-8)16(18)19/h3-5H,6-7H2,1-2H3,(H,15,17). The number of rotatable bonds is 5. The van der Waals surface area contributed by atoms with Crippen LogP contribution >= 0.6 is 27.5 Å². The minimum Gasteiger partial charge on any atom is -0.351 e. The highest BCUT2D eigenvalue weighted by Gasteiger charge is 2.19. The minimum atomic E-state index is -0.578. The lowest BCUT2D eigenvalue weighted by molar-refractivity contribution is -0.384. The largest absolute Gasteiger partial charge is 0.351 e. The molecule has 104 valence electrons. The van der Waals surface area contributed by atoms with Gasteiger partial charge in [0.05, 0.1) is 4.92 Å². The molecule has 0 aliphatic heterocycles. The number of nitro groups is 1. The predicted molar refractivity (Wildman–Crippen MR) is 78.0 cm³/mol. The average Bonchev–Trinajstić information content (AvgIpc) is 2.35. The van der Waals surface area contributed by atoms with Crippen molar-refractivity contribution in [2.24, 2.45) is 5.41 Å². The molecule has 0 aromatic heterocycles. The molecule has 19 heavy (non-hydrogen) atoms. The number of carbonyl (C=O) groups excluding carboxylic acids is 1. The maximum Gasteiger partial charge on any atom is 0.271 e. The van der Waals surface area contributed by atoms with E-state index in [2.05, 4.69) is 21.2 Å². The van der Waals surface area contributed by atoms with Crippen LogP contribution in [-0.4, -0.2) is 22.7 Å². The lowest BCUT2D eigenvalue weighted by Crippen LogP contribution is -2.34. The highest BCUT2D eigenvalue weighted by atomic mass is 79.9. The molecule has 0 heterocycles. The van der Waals surface area contributed by atoms with E-state index in [0.717, 1.165) is 5.33 Å². The lowest BCUT2D eigenvalue weighted by atomic mass is 9.97. The molecular weight excluding hydrogens is 336 g/mol. The normalized spacial score (nSPS) is 11.2. The summed E-state index contributed by atoms with van der Waals surface area (Å²) >= 11 is 9.12. The fourth-order valence-electron chi connectivity index (χ4n) is 1.28. The van der Waals surface area contributed by atoms with Gasteiger partial charge >= 0.3 is 0 Å². The Morgan fingerprint density at radius 3 is 2.63 bits per heavy atom. The Bertz CT molecular complexity index is 506. The number of hydrogen-bond acceptors (Lipinski definition) is 3. The van der Waals surface area contributed by atoms with E-state index in [-0.39, 0.29) is 27.6 Å². The van der Waals surface area contributed by atoms with E-state index in [0.29, 0.717) is 6.54 Å². The summed E-state index contributed by atoms with van der Waals surface area (Å²) < 4.78 is 0. The molecule has 0 radical (unpaired) electrons. The minimum absolute atomic E-state index is 0.0971. The van der Waals surface area contributed by atoms with Crippen LogP contribution in [0.5, 0.6) is 0 Å². The Kier molecular flexibility index (Phi) is 5.31. The molecule has 1 rings (SSSR count). The number of halogens is 2. The Labute approximate surface area is 124 Å². The predicted octanol–water partition coefficient (Wildman–Crippen LogP) is 3.40. The Balaban J connectivity index is 2.85. The fraction of sp³-hybridized carbons (Fsp3) is 0.417. The van der Waals surface area contributed by atoms with Crippen molar-refractivity contribution in [1.29, 1.82) is 0 Å². The lowest BCUT2D eigenvalue weighted by Gasteiger charge is -2.21. The molecule has 0 atom stereocenters. The number of hydrogen-bond donors (Lipinski definition) is 1. The van der Waals surface area contributed by atoms with Gasteiger partial charge in [-0.2, -0.15) is 0 Å². The first-order chi connectivity index (χ1) is 8.75. The van der Waals surface area contributed by atoms with Gasteiger partial charge in [0.2, 0.25) is 0 Å². The summed E-state index contributed by atoms with van der Waals surface area (Å²) in [6.45, 7) is 4.43. The van der Waals surface area contributed by atoms with Gasteiger partial charge in [0.25, 0.3) is 11.6 Å².